The summed E-state index contributed by atoms with van der Waals surface area (Å²) in [5, 5.41) is 21.6. The van der Waals surface area contributed by atoms with E-state index in [1.54, 1.807) is 37.3 Å². The van der Waals surface area contributed by atoms with E-state index < -0.39 is 17.7 Å². The van der Waals surface area contributed by atoms with Gasteiger partial charge in [-0.05, 0) is 60.9 Å². The van der Waals surface area contributed by atoms with Crippen molar-refractivity contribution in [3.8, 4) is 17.2 Å². The fourth-order valence-electron chi connectivity index (χ4n) is 4.87. The minimum Gasteiger partial charge on any atom is -0.507 e. The first-order valence-electron chi connectivity index (χ1n) is 12.0. The predicted octanol–water partition coefficient (Wildman–Crippen LogP) is 4.74. The Kier molecular flexibility index (Phi) is 6.14. The van der Waals surface area contributed by atoms with Crippen LogP contribution >= 0.6 is 0 Å². The number of amides is 1. The van der Waals surface area contributed by atoms with Crippen LogP contribution in [0.1, 0.15) is 42.1 Å². The number of hydrogen-bond donors (Lipinski definition) is 2. The Morgan fingerprint density at radius 1 is 1.08 bits per heavy atom. The first-order chi connectivity index (χ1) is 17.4. The molecule has 2 atom stereocenters. The molecule has 2 aliphatic rings. The molecule has 3 aromatic carbocycles. The van der Waals surface area contributed by atoms with Gasteiger partial charge in [-0.2, -0.15) is 0 Å². The molecule has 0 bridgehead atoms. The van der Waals surface area contributed by atoms with Crippen molar-refractivity contribution in [2.75, 3.05) is 6.61 Å². The molecule has 1 saturated heterocycles. The number of hydrogen-bond acceptors (Lipinski definition) is 6. The van der Waals surface area contributed by atoms with Crippen molar-refractivity contribution >= 4 is 17.4 Å². The van der Waals surface area contributed by atoms with Gasteiger partial charge in [-0.1, -0.05) is 36.4 Å². The molecule has 184 valence electrons. The van der Waals surface area contributed by atoms with Crippen molar-refractivity contribution in [1.29, 1.82) is 0 Å². The molecule has 7 heteroatoms. The van der Waals surface area contributed by atoms with Gasteiger partial charge in [0.1, 0.15) is 17.6 Å². The molecule has 0 spiro atoms. The third kappa shape index (κ3) is 4.17. The summed E-state index contributed by atoms with van der Waals surface area (Å²) in [6.45, 7) is 4.27. The molecule has 2 heterocycles. The van der Waals surface area contributed by atoms with Gasteiger partial charge in [0.2, 0.25) is 0 Å². The molecule has 7 nitrogen and oxygen atoms in total. The van der Waals surface area contributed by atoms with Crippen LogP contribution in [0.4, 0.5) is 0 Å². The zero-order valence-electron chi connectivity index (χ0n) is 20.1. The monoisotopic (exact) mass is 485 g/mol. The first kappa shape index (κ1) is 23.5. The molecular formula is C29H27NO6. The third-order valence-corrected chi connectivity index (χ3v) is 6.50. The molecule has 0 radical (unpaired) electrons. The molecule has 1 fully saturated rings. The second kappa shape index (κ2) is 9.41. The number of carbonyl (C=O) groups is 2. The molecule has 0 aromatic heterocycles. The van der Waals surface area contributed by atoms with Crippen molar-refractivity contribution in [2.45, 2.75) is 39.0 Å². The number of ketones is 1. The molecule has 5 rings (SSSR count). The van der Waals surface area contributed by atoms with E-state index in [1.807, 2.05) is 37.3 Å². The summed E-state index contributed by atoms with van der Waals surface area (Å²) in [7, 11) is 0. The smallest absolute Gasteiger partial charge is 0.295 e. The maximum absolute atomic E-state index is 13.4. The number of fused-ring (bicyclic) bond motifs is 1. The molecule has 3 aromatic rings. The Morgan fingerprint density at radius 3 is 2.61 bits per heavy atom. The number of Topliss-reactive ketones (excluding diaryl/α,β-unsaturated/α-hetero) is 1. The normalized spacial score (nSPS) is 20.3. The lowest BCUT2D eigenvalue weighted by Gasteiger charge is -2.26. The van der Waals surface area contributed by atoms with Gasteiger partial charge >= 0.3 is 0 Å². The summed E-state index contributed by atoms with van der Waals surface area (Å²) in [5.74, 6) is -0.765. The molecular weight excluding hydrogens is 458 g/mol. The van der Waals surface area contributed by atoms with E-state index in [2.05, 4.69) is 0 Å². The predicted molar refractivity (Wildman–Crippen MR) is 134 cm³/mol. The van der Waals surface area contributed by atoms with Gasteiger partial charge in [-0.3, -0.25) is 9.59 Å². The van der Waals surface area contributed by atoms with E-state index in [4.69, 9.17) is 9.47 Å². The third-order valence-electron chi connectivity index (χ3n) is 6.50. The number of aromatic hydroxyl groups is 1. The Labute approximate surface area is 209 Å². The average molecular weight is 486 g/mol. The topological polar surface area (TPSA) is 96.3 Å². The lowest BCUT2D eigenvalue weighted by atomic mass is 9.94. The summed E-state index contributed by atoms with van der Waals surface area (Å²) in [4.78, 5) is 28.1. The standard InChI is InChI=1S/C29H27NO6/c1-3-35-24-15-19(9-11-22(24)31)26-25(27(32)20-10-12-23-21(14-20)13-17(2)36-23)28(33)29(34)30(26)16-18-7-5-4-6-8-18/h4-12,14-15,17,26,31-32H,3,13,16H2,1-2H3/b27-25-. The van der Waals surface area contributed by atoms with Crippen LogP contribution in [0.2, 0.25) is 0 Å². The Hall–Kier alpha value is -4.26. The van der Waals surface area contributed by atoms with Crippen molar-refractivity contribution < 1.29 is 29.3 Å². The van der Waals surface area contributed by atoms with Gasteiger partial charge in [-0.15, -0.1) is 0 Å². The Bertz CT molecular complexity index is 1360. The summed E-state index contributed by atoms with van der Waals surface area (Å²) >= 11 is 0. The number of rotatable bonds is 6. The number of benzene rings is 3. The number of ether oxygens (including phenoxy) is 2. The van der Waals surface area contributed by atoms with Gasteiger partial charge in [0.05, 0.1) is 18.2 Å². The van der Waals surface area contributed by atoms with Crippen LogP contribution in [0.25, 0.3) is 5.76 Å². The lowest BCUT2D eigenvalue weighted by molar-refractivity contribution is -0.140. The molecule has 2 N–H and O–H groups in total. The maximum Gasteiger partial charge on any atom is 0.295 e. The quantitative estimate of drug-likeness (QED) is 0.298. The number of carbonyl (C=O) groups excluding carboxylic acids is 2. The van der Waals surface area contributed by atoms with Crippen molar-refractivity contribution in [2.24, 2.45) is 0 Å². The number of phenols is 1. The van der Waals surface area contributed by atoms with Crippen LogP contribution in [-0.2, 0) is 22.6 Å². The molecule has 36 heavy (non-hydrogen) atoms. The van der Waals surface area contributed by atoms with E-state index in [-0.39, 0.29) is 35.5 Å². The van der Waals surface area contributed by atoms with Gasteiger partial charge < -0.3 is 24.6 Å². The summed E-state index contributed by atoms with van der Waals surface area (Å²) in [6, 6.07) is 18.5. The van der Waals surface area contributed by atoms with E-state index >= 15 is 0 Å². The molecule has 0 saturated carbocycles. The number of aliphatic hydroxyl groups is 1. The highest BCUT2D eigenvalue weighted by atomic mass is 16.5. The zero-order valence-corrected chi connectivity index (χ0v) is 20.1. The Balaban J connectivity index is 1.65. The minimum atomic E-state index is -0.867. The number of aliphatic hydroxyl groups excluding tert-OH is 1. The van der Waals surface area contributed by atoms with Crippen LogP contribution in [0.3, 0.4) is 0 Å². The van der Waals surface area contributed by atoms with Crippen molar-refractivity contribution in [3.63, 3.8) is 0 Å². The van der Waals surface area contributed by atoms with Crippen LogP contribution in [0.5, 0.6) is 17.2 Å². The summed E-state index contributed by atoms with van der Waals surface area (Å²) < 4.78 is 11.3. The lowest BCUT2D eigenvalue weighted by Crippen LogP contribution is -2.29. The first-order valence-corrected chi connectivity index (χ1v) is 12.0. The van der Waals surface area contributed by atoms with Gasteiger partial charge in [0, 0.05) is 18.5 Å². The number of likely N-dealkylation sites (tertiary alicyclic amines) is 1. The molecule has 2 unspecified atom stereocenters. The van der Waals surface area contributed by atoms with Crippen LogP contribution in [0, 0.1) is 0 Å². The van der Waals surface area contributed by atoms with E-state index in [0.29, 0.717) is 24.2 Å². The maximum atomic E-state index is 13.4. The summed E-state index contributed by atoms with van der Waals surface area (Å²) in [6.07, 6.45) is 0.723. The summed E-state index contributed by atoms with van der Waals surface area (Å²) in [5.41, 5.74) is 2.77. The average Bonchev–Trinajstić information content (AvgIpc) is 3.37. The second-order valence-electron chi connectivity index (χ2n) is 9.03. The molecule has 1 amide bonds. The number of nitrogens with zero attached hydrogens (tertiary/aromatic N) is 1. The highest BCUT2D eigenvalue weighted by Gasteiger charge is 2.46. The van der Waals surface area contributed by atoms with Crippen molar-refractivity contribution in [1.82, 2.24) is 4.90 Å². The highest BCUT2D eigenvalue weighted by Crippen LogP contribution is 2.43. The van der Waals surface area contributed by atoms with Crippen LogP contribution < -0.4 is 9.47 Å². The van der Waals surface area contributed by atoms with Crippen LogP contribution in [0.15, 0.2) is 72.3 Å². The largest absolute Gasteiger partial charge is 0.507 e. The van der Waals surface area contributed by atoms with Crippen molar-refractivity contribution in [3.05, 3.63) is 94.6 Å². The SMILES string of the molecule is CCOc1cc(C2/C(=C(/O)c3ccc4c(c3)CC(C)O4)C(=O)C(=O)N2Cc2ccccc2)ccc1O. The van der Waals surface area contributed by atoms with Gasteiger partial charge in [0.25, 0.3) is 11.7 Å². The van der Waals surface area contributed by atoms with E-state index in [0.717, 1.165) is 16.9 Å². The second-order valence-corrected chi connectivity index (χ2v) is 9.03. The van der Waals surface area contributed by atoms with E-state index in [9.17, 15) is 19.8 Å². The highest BCUT2D eigenvalue weighted by molar-refractivity contribution is 6.46. The Morgan fingerprint density at radius 2 is 1.86 bits per heavy atom. The van der Waals surface area contributed by atoms with Crippen LogP contribution in [-0.4, -0.2) is 39.5 Å². The van der Waals surface area contributed by atoms with Gasteiger partial charge in [0.15, 0.2) is 11.5 Å². The fraction of sp³-hybridized carbons (Fsp3) is 0.241. The zero-order chi connectivity index (χ0) is 25.4. The fourth-order valence-corrected chi connectivity index (χ4v) is 4.87. The van der Waals surface area contributed by atoms with E-state index in [1.165, 1.54) is 11.0 Å². The molecule has 0 aliphatic carbocycles. The number of phenolic OH excluding ortho intramolecular Hbond substituents is 1. The minimum absolute atomic E-state index is 0.00372. The molecule has 2 aliphatic heterocycles. The van der Waals surface area contributed by atoms with Gasteiger partial charge in [-0.25, -0.2) is 0 Å².